The number of amides is 2. The first kappa shape index (κ1) is 17.0. The Morgan fingerprint density at radius 1 is 1.10 bits per heavy atom. The summed E-state index contributed by atoms with van der Waals surface area (Å²) < 4.78 is 0. The van der Waals surface area contributed by atoms with Gasteiger partial charge in [-0.25, -0.2) is 0 Å². The number of nitrogens with two attached hydrogens (primary N) is 1. The highest BCUT2D eigenvalue weighted by molar-refractivity contribution is 5.84. The van der Waals surface area contributed by atoms with Crippen LogP contribution in [-0.4, -0.2) is 54.3 Å². The fourth-order valence-electron chi connectivity index (χ4n) is 2.37. The van der Waals surface area contributed by atoms with E-state index in [1.165, 1.54) is 0 Å². The molecule has 1 fully saturated rings. The molecule has 0 aromatic carbocycles. The van der Waals surface area contributed by atoms with Gasteiger partial charge >= 0.3 is 0 Å². The molecule has 0 radical (unpaired) electrons. The average Bonchev–Trinajstić information content (AvgIpc) is 2.35. The molecular weight excluding hydrogens is 254 g/mol. The summed E-state index contributed by atoms with van der Waals surface area (Å²) in [5, 5.41) is 0. The Hall–Kier alpha value is -1.10. The van der Waals surface area contributed by atoms with Crippen molar-refractivity contribution in [1.82, 2.24) is 9.80 Å². The lowest BCUT2D eigenvalue weighted by molar-refractivity contribution is -0.147. The third-order valence-electron chi connectivity index (χ3n) is 4.72. The zero-order valence-electron chi connectivity index (χ0n) is 13.7. The van der Waals surface area contributed by atoms with Crippen LogP contribution < -0.4 is 5.73 Å². The van der Waals surface area contributed by atoms with Crippen molar-refractivity contribution >= 4 is 11.8 Å². The van der Waals surface area contributed by atoms with Crippen molar-refractivity contribution in [1.29, 1.82) is 0 Å². The molecule has 1 aliphatic heterocycles. The molecule has 0 aromatic rings. The molecule has 2 N–H and O–H groups in total. The van der Waals surface area contributed by atoms with Crippen molar-refractivity contribution in [2.75, 3.05) is 27.2 Å². The van der Waals surface area contributed by atoms with Crippen molar-refractivity contribution in [3.8, 4) is 0 Å². The maximum absolute atomic E-state index is 12.6. The van der Waals surface area contributed by atoms with Gasteiger partial charge in [0.15, 0.2) is 0 Å². The van der Waals surface area contributed by atoms with Crippen LogP contribution in [0, 0.1) is 11.3 Å². The highest BCUT2D eigenvalue weighted by atomic mass is 16.2. The molecular formula is C15H29N3O2. The van der Waals surface area contributed by atoms with E-state index in [9.17, 15) is 9.59 Å². The first-order valence-corrected chi connectivity index (χ1v) is 7.28. The van der Waals surface area contributed by atoms with Gasteiger partial charge in [0.1, 0.15) is 0 Å². The highest BCUT2D eigenvalue weighted by Crippen LogP contribution is 2.32. The first-order chi connectivity index (χ1) is 8.98. The number of piperidine rings is 1. The second-order valence-corrected chi connectivity index (χ2v) is 7.15. The van der Waals surface area contributed by atoms with Crippen LogP contribution in [0.15, 0.2) is 0 Å². The van der Waals surface area contributed by atoms with E-state index in [0.717, 1.165) is 12.8 Å². The summed E-state index contributed by atoms with van der Waals surface area (Å²) in [6.45, 7) is 8.84. The van der Waals surface area contributed by atoms with E-state index in [0.29, 0.717) is 13.1 Å². The van der Waals surface area contributed by atoms with Gasteiger partial charge in [0.25, 0.3) is 0 Å². The molecule has 5 nitrogen and oxygen atoms in total. The maximum Gasteiger partial charge on any atom is 0.230 e. The fourth-order valence-corrected chi connectivity index (χ4v) is 2.37. The van der Waals surface area contributed by atoms with Gasteiger partial charge in [-0.1, -0.05) is 0 Å². The Morgan fingerprint density at radius 2 is 1.55 bits per heavy atom. The smallest absolute Gasteiger partial charge is 0.230 e. The van der Waals surface area contributed by atoms with E-state index >= 15 is 0 Å². The topological polar surface area (TPSA) is 66.6 Å². The lowest BCUT2D eigenvalue weighted by Crippen LogP contribution is -2.57. The molecule has 1 saturated heterocycles. The van der Waals surface area contributed by atoms with E-state index < -0.39 is 11.0 Å². The lowest BCUT2D eigenvalue weighted by Gasteiger charge is -2.42. The number of likely N-dealkylation sites (tertiary alicyclic amines) is 1. The molecule has 5 heteroatoms. The summed E-state index contributed by atoms with van der Waals surface area (Å²) in [4.78, 5) is 28.0. The van der Waals surface area contributed by atoms with Gasteiger partial charge in [0.05, 0.1) is 5.41 Å². The molecule has 0 saturated carbocycles. The Labute approximate surface area is 122 Å². The van der Waals surface area contributed by atoms with Crippen LogP contribution in [0.2, 0.25) is 0 Å². The molecule has 0 aliphatic carbocycles. The summed E-state index contributed by atoms with van der Waals surface area (Å²) in [6, 6.07) is 0. The number of rotatable bonds is 3. The van der Waals surface area contributed by atoms with Crippen LogP contribution in [-0.2, 0) is 9.59 Å². The van der Waals surface area contributed by atoms with Gasteiger partial charge in [-0.2, -0.15) is 0 Å². The minimum Gasteiger partial charge on any atom is -0.349 e. The SMILES string of the molecule is CN(C)C(=O)C1CCN(C(=O)C(C)(C)C(C)(C)N)CC1. The van der Waals surface area contributed by atoms with Gasteiger partial charge in [0.2, 0.25) is 11.8 Å². The third kappa shape index (κ3) is 3.32. The molecule has 1 rings (SSSR count). The number of hydrogen-bond acceptors (Lipinski definition) is 3. The van der Waals surface area contributed by atoms with Crippen molar-refractivity contribution in [2.24, 2.45) is 17.1 Å². The van der Waals surface area contributed by atoms with E-state index in [1.54, 1.807) is 19.0 Å². The van der Waals surface area contributed by atoms with E-state index in [1.807, 2.05) is 32.6 Å². The van der Waals surface area contributed by atoms with Crippen molar-refractivity contribution in [3.05, 3.63) is 0 Å². The molecule has 2 amide bonds. The summed E-state index contributed by atoms with van der Waals surface area (Å²) in [5.74, 6) is 0.291. The zero-order chi connectivity index (χ0) is 15.7. The Morgan fingerprint density at radius 3 is 1.90 bits per heavy atom. The second-order valence-electron chi connectivity index (χ2n) is 7.15. The number of carbonyl (C=O) groups excluding carboxylic acids is 2. The Kier molecular flexibility index (Phi) is 4.85. The van der Waals surface area contributed by atoms with Crippen molar-refractivity contribution < 1.29 is 9.59 Å². The summed E-state index contributed by atoms with van der Waals surface area (Å²) in [7, 11) is 3.56. The van der Waals surface area contributed by atoms with E-state index in [4.69, 9.17) is 5.73 Å². The minimum atomic E-state index is -0.606. The van der Waals surface area contributed by atoms with Crippen LogP contribution in [0.25, 0.3) is 0 Å². The molecule has 116 valence electrons. The largest absolute Gasteiger partial charge is 0.349 e. The Bertz CT molecular complexity index is 375. The summed E-state index contributed by atoms with van der Waals surface area (Å²) in [6.07, 6.45) is 1.48. The van der Waals surface area contributed by atoms with Gasteiger partial charge in [-0.05, 0) is 40.5 Å². The van der Waals surface area contributed by atoms with Crippen LogP contribution >= 0.6 is 0 Å². The number of nitrogens with zero attached hydrogens (tertiary/aromatic N) is 2. The molecule has 0 atom stereocenters. The minimum absolute atomic E-state index is 0.0445. The molecule has 0 unspecified atom stereocenters. The molecule has 1 aliphatic rings. The maximum atomic E-state index is 12.6. The monoisotopic (exact) mass is 283 g/mol. The normalized spacial score (nSPS) is 18.1. The van der Waals surface area contributed by atoms with E-state index in [2.05, 4.69) is 0 Å². The van der Waals surface area contributed by atoms with Gasteiger partial charge in [-0.15, -0.1) is 0 Å². The van der Waals surface area contributed by atoms with Gasteiger partial charge in [-0.3, -0.25) is 9.59 Å². The predicted molar refractivity (Wildman–Crippen MR) is 80.0 cm³/mol. The first-order valence-electron chi connectivity index (χ1n) is 7.28. The standard InChI is InChI=1S/C15H29N3O2/c1-14(2,15(3,4)16)13(20)18-9-7-11(8-10-18)12(19)17(5)6/h11H,7-10,16H2,1-6H3. The van der Waals surface area contributed by atoms with Crippen LogP contribution in [0.5, 0.6) is 0 Å². The van der Waals surface area contributed by atoms with Crippen LogP contribution in [0.3, 0.4) is 0 Å². The molecule has 1 heterocycles. The second kappa shape index (κ2) is 5.72. The van der Waals surface area contributed by atoms with E-state index in [-0.39, 0.29) is 17.7 Å². The molecule has 0 spiro atoms. The third-order valence-corrected chi connectivity index (χ3v) is 4.72. The van der Waals surface area contributed by atoms with Crippen molar-refractivity contribution in [3.63, 3.8) is 0 Å². The van der Waals surface area contributed by atoms with Crippen LogP contribution in [0.4, 0.5) is 0 Å². The van der Waals surface area contributed by atoms with Crippen molar-refractivity contribution in [2.45, 2.75) is 46.1 Å². The average molecular weight is 283 g/mol. The van der Waals surface area contributed by atoms with Gasteiger partial charge < -0.3 is 15.5 Å². The summed E-state index contributed by atoms with van der Waals surface area (Å²) in [5.41, 5.74) is 4.95. The highest BCUT2D eigenvalue weighted by Gasteiger charge is 2.43. The number of carbonyl (C=O) groups is 2. The quantitative estimate of drug-likeness (QED) is 0.842. The molecule has 20 heavy (non-hydrogen) atoms. The summed E-state index contributed by atoms with van der Waals surface area (Å²) >= 11 is 0. The predicted octanol–water partition coefficient (Wildman–Crippen LogP) is 1.08. The lowest BCUT2D eigenvalue weighted by atomic mass is 9.73. The molecule has 0 bridgehead atoms. The van der Waals surface area contributed by atoms with Gasteiger partial charge in [0, 0.05) is 38.6 Å². The van der Waals surface area contributed by atoms with Crippen LogP contribution in [0.1, 0.15) is 40.5 Å². The molecule has 0 aromatic heterocycles. The number of hydrogen-bond donors (Lipinski definition) is 1. The zero-order valence-corrected chi connectivity index (χ0v) is 13.7. The Balaban J connectivity index is 2.67. The fraction of sp³-hybridized carbons (Fsp3) is 0.867.